The molecule has 3 aromatic rings. The number of aromatic nitrogens is 2. The summed E-state index contributed by atoms with van der Waals surface area (Å²) in [4.78, 5) is 12.8. The van der Waals surface area contributed by atoms with Crippen molar-refractivity contribution < 1.29 is 17.6 Å². The number of fused-ring (bicyclic) bond motifs is 1. The van der Waals surface area contributed by atoms with E-state index in [2.05, 4.69) is 15.1 Å². The second-order valence-electron chi connectivity index (χ2n) is 7.00. The number of amides is 1. The normalized spacial score (nSPS) is 14.3. The molecule has 7 nitrogen and oxygen atoms in total. The minimum absolute atomic E-state index is 0.148. The molecule has 1 amide bonds. The van der Waals surface area contributed by atoms with Crippen molar-refractivity contribution in [2.75, 3.05) is 13.6 Å². The van der Waals surface area contributed by atoms with Gasteiger partial charge in [0.1, 0.15) is 11.5 Å². The fourth-order valence-electron chi connectivity index (χ4n) is 3.45. The summed E-state index contributed by atoms with van der Waals surface area (Å²) in [6, 6.07) is 8.89. The summed E-state index contributed by atoms with van der Waals surface area (Å²) in [7, 11) is -2.17. The van der Waals surface area contributed by atoms with E-state index in [1.807, 2.05) is 0 Å². The second kappa shape index (κ2) is 7.23. The first-order chi connectivity index (χ1) is 13.9. The Morgan fingerprint density at radius 1 is 1.24 bits per heavy atom. The molecule has 152 valence electrons. The SMILES string of the molecule is CCNS(=O)(=O)c1cc2nn(-c3ccc(F)cc3)c(C(=O)NC)c2cc1C1CC1. The van der Waals surface area contributed by atoms with Crippen LogP contribution in [0.2, 0.25) is 0 Å². The Balaban J connectivity index is 2.01. The summed E-state index contributed by atoms with van der Waals surface area (Å²) in [6.45, 7) is 2.00. The summed E-state index contributed by atoms with van der Waals surface area (Å²) < 4.78 is 42.8. The van der Waals surface area contributed by atoms with Crippen molar-refractivity contribution in [2.24, 2.45) is 0 Å². The molecule has 4 rings (SSSR count). The lowest BCUT2D eigenvalue weighted by molar-refractivity contribution is 0.0957. The van der Waals surface area contributed by atoms with Crippen molar-refractivity contribution in [2.45, 2.75) is 30.6 Å². The molecule has 2 N–H and O–H groups in total. The van der Waals surface area contributed by atoms with Gasteiger partial charge in [0.2, 0.25) is 10.0 Å². The van der Waals surface area contributed by atoms with Crippen molar-refractivity contribution in [3.8, 4) is 5.69 Å². The third kappa shape index (κ3) is 3.51. The lowest BCUT2D eigenvalue weighted by atomic mass is 10.1. The van der Waals surface area contributed by atoms with E-state index in [1.54, 1.807) is 13.0 Å². The summed E-state index contributed by atoms with van der Waals surface area (Å²) in [5, 5.41) is 7.65. The number of nitrogens with zero attached hydrogens (tertiary/aromatic N) is 2. The Morgan fingerprint density at radius 2 is 1.93 bits per heavy atom. The quantitative estimate of drug-likeness (QED) is 0.646. The van der Waals surface area contributed by atoms with Crippen LogP contribution in [0.5, 0.6) is 0 Å². The molecule has 1 saturated carbocycles. The summed E-state index contributed by atoms with van der Waals surface area (Å²) in [6.07, 6.45) is 1.81. The van der Waals surface area contributed by atoms with Crippen LogP contribution in [0.4, 0.5) is 4.39 Å². The maximum atomic E-state index is 13.4. The molecule has 0 unspecified atom stereocenters. The van der Waals surface area contributed by atoms with Crippen LogP contribution >= 0.6 is 0 Å². The number of halogens is 1. The van der Waals surface area contributed by atoms with Gasteiger partial charge >= 0.3 is 0 Å². The fourth-order valence-corrected chi connectivity index (χ4v) is 4.79. The van der Waals surface area contributed by atoms with E-state index in [-0.39, 0.29) is 29.0 Å². The molecule has 2 aromatic carbocycles. The fraction of sp³-hybridized carbons (Fsp3) is 0.300. The first-order valence-corrected chi connectivity index (χ1v) is 10.9. The number of carbonyl (C=O) groups is 1. The van der Waals surface area contributed by atoms with E-state index in [4.69, 9.17) is 0 Å². The Labute approximate surface area is 168 Å². The number of rotatable bonds is 6. The molecule has 1 heterocycles. The zero-order chi connectivity index (χ0) is 20.8. The number of sulfonamides is 1. The van der Waals surface area contributed by atoms with Gasteiger partial charge < -0.3 is 5.32 Å². The number of hydrogen-bond donors (Lipinski definition) is 2. The van der Waals surface area contributed by atoms with Crippen LogP contribution in [0.15, 0.2) is 41.3 Å². The van der Waals surface area contributed by atoms with Gasteiger partial charge in [0.25, 0.3) is 5.91 Å². The second-order valence-corrected chi connectivity index (χ2v) is 8.73. The zero-order valence-corrected chi connectivity index (χ0v) is 16.9. The predicted molar refractivity (Wildman–Crippen MR) is 107 cm³/mol. The van der Waals surface area contributed by atoms with Crippen molar-refractivity contribution in [1.29, 1.82) is 0 Å². The van der Waals surface area contributed by atoms with E-state index in [0.717, 1.165) is 12.8 Å². The Kier molecular flexibility index (Phi) is 4.87. The summed E-state index contributed by atoms with van der Waals surface area (Å²) >= 11 is 0. The summed E-state index contributed by atoms with van der Waals surface area (Å²) in [5.41, 5.74) is 1.87. The van der Waals surface area contributed by atoms with Crippen LogP contribution in [0.1, 0.15) is 41.7 Å². The van der Waals surface area contributed by atoms with Crippen LogP contribution in [-0.4, -0.2) is 37.7 Å². The first kappa shape index (κ1) is 19.5. The molecule has 1 fully saturated rings. The van der Waals surface area contributed by atoms with Gasteiger partial charge in [-0.2, -0.15) is 5.10 Å². The first-order valence-electron chi connectivity index (χ1n) is 9.40. The predicted octanol–water partition coefficient (Wildman–Crippen LogP) is 2.70. The van der Waals surface area contributed by atoms with Gasteiger partial charge in [-0.25, -0.2) is 22.2 Å². The maximum Gasteiger partial charge on any atom is 0.270 e. The highest BCUT2D eigenvalue weighted by Crippen LogP contribution is 2.44. The van der Waals surface area contributed by atoms with E-state index in [0.29, 0.717) is 22.2 Å². The molecule has 0 saturated heterocycles. The molecule has 0 spiro atoms. The largest absolute Gasteiger partial charge is 0.354 e. The average molecular weight is 416 g/mol. The van der Waals surface area contributed by atoms with Gasteiger partial charge in [0.15, 0.2) is 0 Å². The van der Waals surface area contributed by atoms with Gasteiger partial charge in [-0.3, -0.25) is 4.79 Å². The molecule has 0 radical (unpaired) electrons. The van der Waals surface area contributed by atoms with Crippen molar-refractivity contribution in [1.82, 2.24) is 19.8 Å². The zero-order valence-electron chi connectivity index (χ0n) is 16.1. The van der Waals surface area contributed by atoms with Crippen LogP contribution < -0.4 is 10.0 Å². The third-order valence-electron chi connectivity index (χ3n) is 4.96. The van der Waals surface area contributed by atoms with E-state index in [9.17, 15) is 17.6 Å². The monoisotopic (exact) mass is 416 g/mol. The molecule has 1 aromatic heterocycles. The molecule has 0 bridgehead atoms. The molecular weight excluding hydrogens is 395 g/mol. The van der Waals surface area contributed by atoms with Gasteiger partial charge in [0.05, 0.1) is 16.1 Å². The number of hydrogen-bond acceptors (Lipinski definition) is 4. The highest BCUT2D eigenvalue weighted by molar-refractivity contribution is 7.89. The molecule has 9 heteroatoms. The van der Waals surface area contributed by atoms with E-state index >= 15 is 0 Å². The summed E-state index contributed by atoms with van der Waals surface area (Å²) in [5.74, 6) is -0.614. The number of nitrogens with one attached hydrogen (secondary N) is 2. The molecule has 0 atom stereocenters. The lowest BCUT2D eigenvalue weighted by Gasteiger charge is -2.11. The van der Waals surface area contributed by atoms with Crippen molar-refractivity contribution in [3.05, 3.63) is 53.5 Å². The molecular formula is C20H21FN4O3S. The Morgan fingerprint density at radius 3 is 2.52 bits per heavy atom. The average Bonchev–Trinajstić information content (AvgIpc) is 3.47. The minimum atomic E-state index is -3.69. The van der Waals surface area contributed by atoms with Crippen LogP contribution in [-0.2, 0) is 10.0 Å². The number of benzene rings is 2. The van der Waals surface area contributed by atoms with Crippen LogP contribution in [0, 0.1) is 5.82 Å². The maximum absolute atomic E-state index is 13.4. The number of carbonyl (C=O) groups excluding carboxylic acids is 1. The Hall–Kier alpha value is -2.78. The van der Waals surface area contributed by atoms with Gasteiger partial charge in [-0.05, 0) is 60.7 Å². The van der Waals surface area contributed by atoms with Gasteiger partial charge in [-0.1, -0.05) is 6.92 Å². The van der Waals surface area contributed by atoms with Crippen LogP contribution in [0.25, 0.3) is 16.6 Å². The van der Waals surface area contributed by atoms with Crippen molar-refractivity contribution in [3.63, 3.8) is 0 Å². The highest BCUT2D eigenvalue weighted by Gasteiger charge is 2.32. The third-order valence-corrected chi connectivity index (χ3v) is 6.56. The minimum Gasteiger partial charge on any atom is -0.354 e. The highest BCUT2D eigenvalue weighted by atomic mass is 32.2. The van der Waals surface area contributed by atoms with Crippen molar-refractivity contribution >= 4 is 26.8 Å². The topological polar surface area (TPSA) is 93.1 Å². The standard InChI is InChI=1S/C20H21FN4O3S/c1-3-23-29(27,28)18-11-17-16(10-15(18)12-4-5-12)19(20(26)22-2)25(24-17)14-8-6-13(21)7-9-14/h6-12,23H,3-5H2,1-2H3,(H,22,26). The molecule has 0 aliphatic heterocycles. The Bertz CT molecular complexity index is 1200. The van der Waals surface area contributed by atoms with Gasteiger partial charge in [0, 0.05) is 19.0 Å². The molecule has 1 aliphatic carbocycles. The van der Waals surface area contributed by atoms with E-state index < -0.39 is 15.8 Å². The molecule has 1 aliphatic rings. The molecule has 29 heavy (non-hydrogen) atoms. The lowest BCUT2D eigenvalue weighted by Crippen LogP contribution is -2.24. The smallest absolute Gasteiger partial charge is 0.270 e. The van der Waals surface area contributed by atoms with E-state index in [1.165, 1.54) is 42.1 Å². The van der Waals surface area contributed by atoms with Gasteiger partial charge in [-0.15, -0.1) is 0 Å². The van der Waals surface area contributed by atoms with Crippen LogP contribution in [0.3, 0.4) is 0 Å².